The summed E-state index contributed by atoms with van der Waals surface area (Å²) < 4.78 is 25.7. The number of hydrogen-bond donors (Lipinski definition) is 2. The van der Waals surface area contributed by atoms with E-state index in [9.17, 15) is 8.78 Å². The molecule has 0 heterocycles. The standard InChI is InChI=1S/C13H18F2N2/c14-10-5-4-9(8-11(10)15)6-7-17-13-3-1-2-12(13)16/h4-5,8,12-13,17H,1-3,6-7,16H2. The van der Waals surface area contributed by atoms with E-state index in [0.29, 0.717) is 12.5 Å². The van der Waals surface area contributed by atoms with Crippen LogP contribution in [0.4, 0.5) is 8.78 Å². The van der Waals surface area contributed by atoms with Crippen molar-refractivity contribution in [1.29, 1.82) is 0 Å². The Morgan fingerprint density at radius 3 is 2.71 bits per heavy atom. The van der Waals surface area contributed by atoms with Gasteiger partial charge >= 0.3 is 0 Å². The summed E-state index contributed by atoms with van der Waals surface area (Å²) in [6, 6.07) is 4.66. The Hall–Kier alpha value is -1.00. The van der Waals surface area contributed by atoms with Crippen LogP contribution in [0.2, 0.25) is 0 Å². The molecule has 2 rings (SSSR count). The van der Waals surface area contributed by atoms with Crippen molar-refractivity contribution in [2.24, 2.45) is 5.73 Å². The van der Waals surface area contributed by atoms with Gasteiger partial charge in [0.15, 0.2) is 11.6 Å². The first kappa shape index (κ1) is 12.5. The first-order valence-corrected chi connectivity index (χ1v) is 6.09. The molecule has 0 bridgehead atoms. The summed E-state index contributed by atoms with van der Waals surface area (Å²) in [6.45, 7) is 0.753. The maximum atomic E-state index is 13.0. The van der Waals surface area contributed by atoms with E-state index in [1.807, 2.05) is 0 Å². The Labute approximate surface area is 100 Å². The van der Waals surface area contributed by atoms with Crippen LogP contribution in [-0.4, -0.2) is 18.6 Å². The Morgan fingerprint density at radius 1 is 1.24 bits per heavy atom. The van der Waals surface area contributed by atoms with Gasteiger partial charge in [0.1, 0.15) is 0 Å². The van der Waals surface area contributed by atoms with Crippen molar-refractivity contribution in [3.05, 3.63) is 35.4 Å². The summed E-state index contributed by atoms with van der Waals surface area (Å²) in [4.78, 5) is 0. The third-order valence-electron chi connectivity index (χ3n) is 3.37. The second-order valence-electron chi connectivity index (χ2n) is 4.65. The normalized spacial score (nSPS) is 24.2. The zero-order valence-electron chi connectivity index (χ0n) is 9.76. The fourth-order valence-electron chi connectivity index (χ4n) is 2.34. The van der Waals surface area contributed by atoms with Gasteiger partial charge in [-0.2, -0.15) is 0 Å². The quantitative estimate of drug-likeness (QED) is 0.844. The molecule has 1 fully saturated rings. The molecule has 3 N–H and O–H groups in total. The number of nitrogens with one attached hydrogen (secondary N) is 1. The van der Waals surface area contributed by atoms with Gasteiger partial charge in [0, 0.05) is 12.1 Å². The molecule has 1 aliphatic rings. The van der Waals surface area contributed by atoms with Crippen LogP contribution < -0.4 is 11.1 Å². The predicted octanol–water partition coefficient (Wildman–Crippen LogP) is 1.98. The summed E-state index contributed by atoms with van der Waals surface area (Å²) in [5, 5.41) is 3.37. The minimum atomic E-state index is -0.792. The van der Waals surface area contributed by atoms with Crippen LogP contribution in [0, 0.1) is 11.6 Å². The lowest BCUT2D eigenvalue weighted by Gasteiger charge is -2.17. The number of halogens is 2. The van der Waals surface area contributed by atoms with E-state index < -0.39 is 11.6 Å². The summed E-state index contributed by atoms with van der Waals surface area (Å²) >= 11 is 0. The first-order valence-electron chi connectivity index (χ1n) is 6.09. The molecule has 1 saturated carbocycles. The average molecular weight is 240 g/mol. The topological polar surface area (TPSA) is 38.0 Å². The van der Waals surface area contributed by atoms with Crippen LogP contribution in [0.5, 0.6) is 0 Å². The summed E-state index contributed by atoms with van der Waals surface area (Å²) in [7, 11) is 0. The number of rotatable bonds is 4. The lowest BCUT2D eigenvalue weighted by molar-refractivity contribution is 0.477. The van der Waals surface area contributed by atoms with Crippen LogP contribution in [0.1, 0.15) is 24.8 Å². The van der Waals surface area contributed by atoms with E-state index in [4.69, 9.17) is 5.73 Å². The second-order valence-corrected chi connectivity index (χ2v) is 4.65. The van der Waals surface area contributed by atoms with E-state index in [2.05, 4.69) is 5.32 Å². The van der Waals surface area contributed by atoms with Gasteiger partial charge in [0.2, 0.25) is 0 Å². The highest BCUT2D eigenvalue weighted by Gasteiger charge is 2.22. The lowest BCUT2D eigenvalue weighted by atomic mass is 10.1. The Morgan fingerprint density at radius 2 is 2.06 bits per heavy atom. The first-order chi connectivity index (χ1) is 8.16. The van der Waals surface area contributed by atoms with Crippen LogP contribution in [-0.2, 0) is 6.42 Å². The highest BCUT2D eigenvalue weighted by Crippen LogP contribution is 2.17. The van der Waals surface area contributed by atoms with Crippen molar-refractivity contribution in [3.8, 4) is 0 Å². The molecular formula is C13H18F2N2. The molecule has 1 aromatic carbocycles. The molecule has 0 spiro atoms. The van der Waals surface area contributed by atoms with E-state index in [-0.39, 0.29) is 6.04 Å². The maximum absolute atomic E-state index is 13.0. The molecule has 0 amide bonds. The van der Waals surface area contributed by atoms with Crippen molar-refractivity contribution in [3.63, 3.8) is 0 Å². The molecule has 1 aliphatic carbocycles. The third-order valence-corrected chi connectivity index (χ3v) is 3.37. The zero-order valence-corrected chi connectivity index (χ0v) is 9.76. The number of benzene rings is 1. The Balaban J connectivity index is 1.79. The highest BCUT2D eigenvalue weighted by molar-refractivity contribution is 5.18. The average Bonchev–Trinajstić information content (AvgIpc) is 2.70. The Bertz CT molecular complexity index is 382. The van der Waals surface area contributed by atoms with Crippen LogP contribution in [0.3, 0.4) is 0 Å². The van der Waals surface area contributed by atoms with Crippen LogP contribution >= 0.6 is 0 Å². The van der Waals surface area contributed by atoms with Gasteiger partial charge < -0.3 is 11.1 Å². The molecule has 0 aromatic heterocycles. The minimum Gasteiger partial charge on any atom is -0.326 e. The number of nitrogens with two attached hydrogens (primary N) is 1. The van der Waals surface area contributed by atoms with Crippen molar-refractivity contribution in [2.75, 3.05) is 6.54 Å². The summed E-state index contributed by atoms with van der Waals surface area (Å²) in [5.74, 6) is -1.57. The third kappa shape index (κ3) is 3.23. The van der Waals surface area contributed by atoms with Gasteiger partial charge in [0.05, 0.1) is 0 Å². The highest BCUT2D eigenvalue weighted by atomic mass is 19.2. The molecule has 0 aliphatic heterocycles. The van der Waals surface area contributed by atoms with E-state index in [1.54, 1.807) is 6.07 Å². The number of hydrogen-bond acceptors (Lipinski definition) is 2. The Kier molecular flexibility index (Phi) is 4.07. The van der Waals surface area contributed by atoms with E-state index >= 15 is 0 Å². The van der Waals surface area contributed by atoms with Gasteiger partial charge in [-0.05, 0) is 43.5 Å². The van der Waals surface area contributed by atoms with Crippen LogP contribution in [0.25, 0.3) is 0 Å². The molecule has 94 valence electrons. The van der Waals surface area contributed by atoms with Crippen molar-refractivity contribution in [1.82, 2.24) is 5.32 Å². The van der Waals surface area contributed by atoms with Gasteiger partial charge in [-0.1, -0.05) is 12.5 Å². The summed E-state index contributed by atoms with van der Waals surface area (Å²) in [6.07, 6.45) is 4.05. The van der Waals surface area contributed by atoms with Crippen molar-refractivity contribution in [2.45, 2.75) is 37.8 Å². The zero-order chi connectivity index (χ0) is 12.3. The molecule has 2 atom stereocenters. The predicted molar refractivity (Wildman–Crippen MR) is 63.7 cm³/mol. The van der Waals surface area contributed by atoms with E-state index in [1.165, 1.54) is 18.6 Å². The second kappa shape index (κ2) is 5.56. The monoisotopic (exact) mass is 240 g/mol. The van der Waals surface area contributed by atoms with Crippen molar-refractivity contribution >= 4 is 0 Å². The van der Waals surface area contributed by atoms with Crippen LogP contribution in [0.15, 0.2) is 18.2 Å². The maximum Gasteiger partial charge on any atom is 0.159 e. The van der Waals surface area contributed by atoms with Gasteiger partial charge in [0.25, 0.3) is 0 Å². The molecule has 1 aromatic rings. The van der Waals surface area contributed by atoms with Gasteiger partial charge in [-0.25, -0.2) is 8.78 Å². The SMILES string of the molecule is NC1CCCC1NCCc1ccc(F)c(F)c1. The molecule has 2 nitrogen and oxygen atoms in total. The minimum absolute atomic E-state index is 0.236. The van der Waals surface area contributed by atoms with Gasteiger partial charge in [-0.3, -0.25) is 0 Å². The lowest BCUT2D eigenvalue weighted by Crippen LogP contribution is -2.41. The fraction of sp³-hybridized carbons (Fsp3) is 0.538. The molecule has 0 radical (unpaired) electrons. The molecule has 2 unspecified atom stereocenters. The molecule has 4 heteroatoms. The van der Waals surface area contributed by atoms with Gasteiger partial charge in [-0.15, -0.1) is 0 Å². The molecule has 17 heavy (non-hydrogen) atoms. The molecule has 0 saturated heterocycles. The van der Waals surface area contributed by atoms with Crippen molar-refractivity contribution < 1.29 is 8.78 Å². The summed E-state index contributed by atoms with van der Waals surface area (Å²) in [5.41, 5.74) is 6.74. The fourth-order valence-corrected chi connectivity index (χ4v) is 2.34. The molecular weight excluding hydrogens is 222 g/mol. The smallest absolute Gasteiger partial charge is 0.159 e. The van der Waals surface area contributed by atoms with E-state index in [0.717, 1.165) is 24.9 Å². The largest absolute Gasteiger partial charge is 0.326 e.